The quantitative estimate of drug-likeness (QED) is 0.879. The molecule has 1 saturated heterocycles. The van der Waals surface area contributed by atoms with E-state index < -0.39 is 0 Å². The first kappa shape index (κ1) is 15.6. The average Bonchev–Trinajstić information content (AvgIpc) is 3.04. The number of amides is 1. The van der Waals surface area contributed by atoms with Crippen LogP contribution in [-0.2, 0) is 0 Å². The van der Waals surface area contributed by atoms with Crippen molar-refractivity contribution in [3.63, 3.8) is 0 Å². The first-order valence-corrected chi connectivity index (χ1v) is 8.35. The number of rotatable bonds is 3. The molecule has 0 aliphatic carbocycles. The van der Waals surface area contributed by atoms with E-state index in [0.717, 1.165) is 18.8 Å². The van der Waals surface area contributed by atoms with Gasteiger partial charge in [-0.2, -0.15) is 0 Å². The summed E-state index contributed by atoms with van der Waals surface area (Å²) in [5, 5.41) is 11.3. The van der Waals surface area contributed by atoms with Gasteiger partial charge in [0.2, 0.25) is 0 Å². The van der Waals surface area contributed by atoms with Crippen LogP contribution in [0.25, 0.3) is 0 Å². The fourth-order valence-corrected chi connectivity index (χ4v) is 3.56. The number of phenolic OH excluding ortho intramolecular Hbond substituents is 1. The standard InChI is InChI=1S/C17H18N2O3S/c1-12(20)13-9-16(23-11-13)17(22)19-7-5-18(6-8-19)14-3-2-4-15(21)10-14/h2-4,9-11,21H,5-8H2,1H3. The molecule has 0 spiro atoms. The van der Waals surface area contributed by atoms with Crippen molar-refractivity contribution in [3.05, 3.63) is 46.2 Å². The molecule has 1 aromatic heterocycles. The van der Waals surface area contributed by atoms with Crippen molar-refractivity contribution in [3.8, 4) is 5.75 Å². The number of carbonyl (C=O) groups is 2. The van der Waals surface area contributed by atoms with Crippen molar-refractivity contribution in [1.29, 1.82) is 0 Å². The Morgan fingerprint density at radius 2 is 1.87 bits per heavy atom. The lowest BCUT2D eigenvalue weighted by Crippen LogP contribution is -2.48. The van der Waals surface area contributed by atoms with Gasteiger partial charge in [-0.1, -0.05) is 6.07 Å². The zero-order valence-electron chi connectivity index (χ0n) is 12.9. The molecular weight excluding hydrogens is 312 g/mol. The number of nitrogens with zero attached hydrogens (tertiary/aromatic N) is 2. The van der Waals surface area contributed by atoms with Crippen molar-refractivity contribution in [2.45, 2.75) is 6.92 Å². The third-order valence-corrected chi connectivity index (χ3v) is 4.90. The van der Waals surface area contributed by atoms with E-state index in [1.807, 2.05) is 17.0 Å². The van der Waals surface area contributed by atoms with Gasteiger partial charge in [0.1, 0.15) is 5.75 Å². The molecule has 1 aliphatic heterocycles. The van der Waals surface area contributed by atoms with Crippen LogP contribution in [0, 0.1) is 0 Å². The van der Waals surface area contributed by atoms with Crippen molar-refractivity contribution in [2.24, 2.45) is 0 Å². The van der Waals surface area contributed by atoms with Crippen LogP contribution >= 0.6 is 11.3 Å². The SMILES string of the molecule is CC(=O)c1csc(C(=O)N2CCN(c3cccc(O)c3)CC2)c1. The minimum Gasteiger partial charge on any atom is -0.508 e. The zero-order valence-corrected chi connectivity index (χ0v) is 13.7. The summed E-state index contributed by atoms with van der Waals surface area (Å²) in [6, 6.07) is 8.83. The number of hydrogen-bond acceptors (Lipinski definition) is 5. The summed E-state index contributed by atoms with van der Waals surface area (Å²) < 4.78 is 0. The number of thiophene rings is 1. The van der Waals surface area contributed by atoms with Gasteiger partial charge in [0.05, 0.1) is 4.88 Å². The van der Waals surface area contributed by atoms with E-state index in [1.165, 1.54) is 18.3 Å². The molecule has 3 rings (SSSR count). The van der Waals surface area contributed by atoms with Crippen molar-refractivity contribution in [2.75, 3.05) is 31.1 Å². The first-order chi connectivity index (χ1) is 11.0. The minimum atomic E-state index is -0.0194. The van der Waals surface area contributed by atoms with Crippen molar-refractivity contribution < 1.29 is 14.7 Å². The topological polar surface area (TPSA) is 60.9 Å². The highest BCUT2D eigenvalue weighted by atomic mass is 32.1. The van der Waals surface area contributed by atoms with E-state index in [1.54, 1.807) is 23.6 Å². The molecule has 0 atom stereocenters. The van der Waals surface area contributed by atoms with Gasteiger partial charge in [-0.25, -0.2) is 0 Å². The number of benzene rings is 1. The molecule has 0 saturated carbocycles. The molecule has 2 heterocycles. The molecule has 2 aromatic rings. The maximum absolute atomic E-state index is 12.5. The summed E-state index contributed by atoms with van der Waals surface area (Å²) in [6.45, 7) is 4.20. The molecule has 1 fully saturated rings. The average molecular weight is 330 g/mol. The summed E-state index contributed by atoms with van der Waals surface area (Å²) >= 11 is 1.32. The molecule has 0 unspecified atom stereocenters. The lowest BCUT2D eigenvalue weighted by molar-refractivity contribution is 0.0751. The Morgan fingerprint density at radius 3 is 2.48 bits per heavy atom. The van der Waals surface area contributed by atoms with E-state index in [9.17, 15) is 14.7 Å². The second-order valence-electron chi connectivity index (χ2n) is 5.55. The fourth-order valence-electron chi connectivity index (χ4n) is 2.65. The predicted octanol–water partition coefficient (Wildman–Crippen LogP) is 2.62. The van der Waals surface area contributed by atoms with Gasteiger partial charge in [-0.05, 0) is 25.1 Å². The Labute approximate surface area is 138 Å². The molecule has 120 valence electrons. The Kier molecular flexibility index (Phi) is 4.34. The molecule has 1 aliphatic rings. The van der Waals surface area contributed by atoms with Crippen LogP contribution in [0.1, 0.15) is 27.0 Å². The van der Waals surface area contributed by atoms with Crippen molar-refractivity contribution in [1.82, 2.24) is 4.90 Å². The number of Topliss-reactive ketones (excluding diaryl/α,β-unsaturated/α-hetero) is 1. The van der Waals surface area contributed by atoms with Crippen LogP contribution in [0.2, 0.25) is 0 Å². The largest absolute Gasteiger partial charge is 0.508 e. The Hall–Kier alpha value is -2.34. The summed E-state index contributed by atoms with van der Waals surface area (Å²) in [4.78, 5) is 28.4. The van der Waals surface area contributed by atoms with Gasteiger partial charge in [-0.15, -0.1) is 11.3 Å². The van der Waals surface area contributed by atoms with Crippen LogP contribution in [0.3, 0.4) is 0 Å². The van der Waals surface area contributed by atoms with Gasteiger partial charge < -0.3 is 14.9 Å². The van der Waals surface area contributed by atoms with E-state index in [4.69, 9.17) is 0 Å². The van der Waals surface area contributed by atoms with Gasteiger partial charge in [0.15, 0.2) is 5.78 Å². The second kappa shape index (κ2) is 6.42. The monoisotopic (exact) mass is 330 g/mol. The van der Waals surface area contributed by atoms with Crippen LogP contribution in [0.5, 0.6) is 5.75 Å². The van der Waals surface area contributed by atoms with Gasteiger partial charge >= 0.3 is 0 Å². The zero-order chi connectivity index (χ0) is 16.4. The molecule has 1 amide bonds. The number of piperazine rings is 1. The number of anilines is 1. The summed E-state index contributed by atoms with van der Waals surface area (Å²) in [5.74, 6) is 0.211. The summed E-state index contributed by atoms with van der Waals surface area (Å²) in [6.07, 6.45) is 0. The molecule has 5 nitrogen and oxygen atoms in total. The van der Waals surface area contributed by atoms with E-state index in [-0.39, 0.29) is 17.4 Å². The van der Waals surface area contributed by atoms with Crippen LogP contribution < -0.4 is 4.90 Å². The van der Waals surface area contributed by atoms with Gasteiger partial charge in [0.25, 0.3) is 5.91 Å². The number of carbonyl (C=O) groups excluding carboxylic acids is 2. The molecule has 6 heteroatoms. The van der Waals surface area contributed by atoms with Crippen LogP contribution in [0.15, 0.2) is 35.7 Å². The fraction of sp³-hybridized carbons (Fsp3) is 0.294. The number of phenols is 1. The number of hydrogen-bond donors (Lipinski definition) is 1. The molecule has 1 aromatic carbocycles. The second-order valence-corrected chi connectivity index (χ2v) is 6.47. The van der Waals surface area contributed by atoms with Crippen molar-refractivity contribution >= 4 is 28.7 Å². The molecule has 0 bridgehead atoms. The highest BCUT2D eigenvalue weighted by Gasteiger charge is 2.23. The highest BCUT2D eigenvalue weighted by Crippen LogP contribution is 2.23. The Balaban J connectivity index is 1.64. The molecule has 23 heavy (non-hydrogen) atoms. The normalized spacial score (nSPS) is 14.8. The minimum absolute atomic E-state index is 0.0157. The maximum Gasteiger partial charge on any atom is 0.264 e. The molecule has 0 radical (unpaired) electrons. The third kappa shape index (κ3) is 3.37. The van der Waals surface area contributed by atoms with E-state index in [2.05, 4.69) is 4.90 Å². The highest BCUT2D eigenvalue weighted by molar-refractivity contribution is 7.12. The maximum atomic E-state index is 12.5. The smallest absolute Gasteiger partial charge is 0.264 e. The lowest BCUT2D eigenvalue weighted by atomic mass is 10.2. The molecule has 1 N–H and O–H groups in total. The molecular formula is C17H18N2O3S. The Bertz CT molecular complexity index is 733. The van der Waals surface area contributed by atoms with Gasteiger partial charge in [0, 0.05) is 48.9 Å². The number of aromatic hydroxyl groups is 1. The predicted molar refractivity (Wildman–Crippen MR) is 90.5 cm³/mol. The Morgan fingerprint density at radius 1 is 1.13 bits per heavy atom. The van der Waals surface area contributed by atoms with E-state index >= 15 is 0 Å². The van der Waals surface area contributed by atoms with Crippen LogP contribution in [-0.4, -0.2) is 47.9 Å². The first-order valence-electron chi connectivity index (χ1n) is 7.47. The third-order valence-electron chi connectivity index (χ3n) is 3.98. The summed E-state index contributed by atoms with van der Waals surface area (Å²) in [5.41, 5.74) is 1.56. The van der Waals surface area contributed by atoms with E-state index in [0.29, 0.717) is 23.5 Å². The summed E-state index contributed by atoms with van der Waals surface area (Å²) in [7, 11) is 0. The van der Waals surface area contributed by atoms with Gasteiger partial charge in [-0.3, -0.25) is 9.59 Å². The van der Waals surface area contributed by atoms with Crippen LogP contribution in [0.4, 0.5) is 5.69 Å². The number of ketones is 1. The lowest BCUT2D eigenvalue weighted by Gasteiger charge is -2.36.